The number of hydrogen-bond donors (Lipinski definition) is 1. The van der Waals surface area contributed by atoms with Crippen molar-refractivity contribution in [3.63, 3.8) is 0 Å². The van der Waals surface area contributed by atoms with Gasteiger partial charge in [0.1, 0.15) is 11.3 Å². The summed E-state index contributed by atoms with van der Waals surface area (Å²) in [5.41, 5.74) is 2.47. The molecule has 0 aromatic carbocycles. The topological polar surface area (TPSA) is 121 Å². The highest BCUT2D eigenvalue weighted by molar-refractivity contribution is 7.13. The minimum atomic E-state index is -2.64. The minimum absolute atomic E-state index is 0.0213. The molecule has 1 fully saturated rings. The van der Waals surface area contributed by atoms with E-state index in [2.05, 4.69) is 35.1 Å². The smallest absolute Gasteiger partial charge is 0.280 e. The monoisotopic (exact) mass is 524 g/mol. The zero-order valence-corrected chi connectivity index (χ0v) is 20.5. The first-order valence-electron chi connectivity index (χ1n) is 11.7. The number of alkyl halides is 2. The van der Waals surface area contributed by atoms with Crippen molar-refractivity contribution in [2.75, 3.05) is 0 Å². The summed E-state index contributed by atoms with van der Waals surface area (Å²) in [6.45, 7) is 0. The third kappa shape index (κ3) is 4.48. The fraction of sp³-hybridized carbons (Fsp3) is 0.348. The second kappa shape index (κ2) is 9.42. The average Bonchev–Trinajstić information content (AvgIpc) is 3.69. The van der Waals surface area contributed by atoms with Gasteiger partial charge in [-0.3, -0.25) is 9.48 Å². The molecule has 1 aliphatic carbocycles. The van der Waals surface area contributed by atoms with Gasteiger partial charge in [0.2, 0.25) is 0 Å². The van der Waals surface area contributed by atoms with Crippen molar-refractivity contribution in [1.29, 1.82) is 0 Å². The number of amides is 1. The lowest BCUT2D eigenvalue weighted by atomic mass is 9.90. The highest BCUT2D eigenvalue weighted by atomic mass is 32.1. The maximum Gasteiger partial charge on any atom is 0.280 e. The molecule has 5 heterocycles. The van der Waals surface area contributed by atoms with Crippen molar-refractivity contribution < 1.29 is 13.6 Å². The number of carbonyl (C=O) groups is 1. The number of thiazole rings is 1. The Morgan fingerprint density at radius 3 is 2.70 bits per heavy atom. The van der Waals surface area contributed by atoms with Gasteiger partial charge in [-0.1, -0.05) is 0 Å². The van der Waals surface area contributed by atoms with Crippen LogP contribution >= 0.6 is 11.3 Å². The lowest BCUT2D eigenvalue weighted by molar-refractivity contribution is 0.0920. The van der Waals surface area contributed by atoms with E-state index >= 15 is 0 Å². The van der Waals surface area contributed by atoms with E-state index in [0.29, 0.717) is 12.2 Å². The van der Waals surface area contributed by atoms with Gasteiger partial charge in [0.25, 0.3) is 12.3 Å². The Morgan fingerprint density at radius 2 is 1.97 bits per heavy atom. The third-order valence-corrected chi connectivity index (χ3v) is 7.43. The first-order valence-corrected chi connectivity index (χ1v) is 12.6. The zero-order chi connectivity index (χ0) is 25.5. The number of fused-ring (bicyclic) bond motifs is 1. The van der Waals surface area contributed by atoms with E-state index in [1.807, 2.05) is 19.3 Å². The van der Waals surface area contributed by atoms with Crippen LogP contribution in [0.2, 0.25) is 0 Å². The normalized spacial score (nSPS) is 18.1. The van der Waals surface area contributed by atoms with Crippen LogP contribution in [0.1, 0.15) is 52.8 Å². The van der Waals surface area contributed by atoms with E-state index < -0.39 is 12.3 Å². The van der Waals surface area contributed by atoms with E-state index in [1.54, 1.807) is 29.5 Å². The Kier molecular flexibility index (Phi) is 5.94. The molecule has 1 N–H and O–H groups in total. The van der Waals surface area contributed by atoms with Crippen LogP contribution in [0.25, 0.3) is 28.2 Å². The van der Waals surface area contributed by atoms with E-state index in [1.165, 1.54) is 4.80 Å². The number of aromatic nitrogens is 9. The van der Waals surface area contributed by atoms with Crippen LogP contribution in [0.3, 0.4) is 0 Å². The predicted molar refractivity (Wildman–Crippen MR) is 130 cm³/mol. The number of nitrogens with one attached hydrogen (secondary N) is 1. The second-order valence-corrected chi connectivity index (χ2v) is 9.98. The van der Waals surface area contributed by atoms with Crippen molar-refractivity contribution in [3.05, 3.63) is 53.1 Å². The Labute approximate surface area is 213 Å². The van der Waals surface area contributed by atoms with Gasteiger partial charge in [-0.25, -0.2) is 23.7 Å². The Balaban J connectivity index is 1.34. The molecule has 0 bridgehead atoms. The molecule has 6 rings (SSSR count). The summed E-state index contributed by atoms with van der Waals surface area (Å²) in [4.78, 5) is 27.2. The van der Waals surface area contributed by atoms with Crippen molar-refractivity contribution >= 4 is 28.3 Å². The van der Waals surface area contributed by atoms with Gasteiger partial charge >= 0.3 is 0 Å². The molecule has 0 saturated heterocycles. The second-order valence-electron chi connectivity index (χ2n) is 8.92. The van der Waals surface area contributed by atoms with Crippen LogP contribution in [0.4, 0.5) is 8.78 Å². The number of pyridine rings is 1. The Bertz CT molecular complexity index is 1560. The molecular formula is C23H22F2N10OS. The lowest BCUT2D eigenvalue weighted by Gasteiger charge is -2.31. The number of aryl methyl sites for hydroxylation is 1. The molecule has 0 aliphatic heterocycles. The SMILES string of the molecule is Cn1cc(-c2nc3cnc(-n4nccn4)cc3n2C2CCCC(NC(=O)c3ncc(C(F)F)s3)C2)cn1. The Hall–Kier alpha value is -4.07. The molecule has 37 heavy (non-hydrogen) atoms. The fourth-order valence-corrected chi connectivity index (χ4v) is 5.49. The Morgan fingerprint density at radius 1 is 1.14 bits per heavy atom. The molecule has 5 aromatic heterocycles. The molecule has 1 aliphatic rings. The number of imidazole rings is 1. The molecule has 14 heteroatoms. The molecule has 11 nitrogen and oxygen atoms in total. The number of rotatable bonds is 6. The molecule has 5 aromatic rings. The van der Waals surface area contributed by atoms with Crippen LogP contribution in [0.15, 0.2) is 43.2 Å². The van der Waals surface area contributed by atoms with Crippen molar-refractivity contribution in [3.8, 4) is 17.2 Å². The molecule has 0 radical (unpaired) electrons. The van der Waals surface area contributed by atoms with Gasteiger partial charge in [-0.05, 0) is 25.7 Å². The maximum atomic E-state index is 12.9. The zero-order valence-electron chi connectivity index (χ0n) is 19.7. The summed E-state index contributed by atoms with van der Waals surface area (Å²) >= 11 is 0.722. The molecule has 1 saturated carbocycles. The maximum absolute atomic E-state index is 12.9. The number of halogens is 2. The molecule has 2 unspecified atom stereocenters. The minimum Gasteiger partial charge on any atom is -0.347 e. The van der Waals surface area contributed by atoms with Crippen LogP contribution in [0, 0.1) is 0 Å². The lowest BCUT2D eigenvalue weighted by Crippen LogP contribution is -2.39. The van der Waals surface area contributed by atoms with Crippen molar-refractivity contribution in [2.45, 2.75) is 44.2 Å². The molecule has 190 valence electrons. The van der Waals surface area contributed by atoms with Gasteiger partial charge in [-0.2, -0.15) is 15.3 Å². The van der Waals surface area contributed by atoms with Crippen LogP contribution in [-0.4, -0.2) is 56.2 Å². The quantitative estimate of drug-likeness (QED) is 0.359. The summed E-state index contributed by atoms with van der Waals surface area (Å²) in [6.07, 6.45) is 10.2. The van der Waals surface area contributed by atoms with Gasteiger partial charge in [0.15, 0.2) is 10.8 Å². The fourth-order valence-electron chi connectivity index (χ4n) is 4.81. The first kappa shape index (κ1) is 23.3. The molecule has 1 amide bonds. The summed E-state index contributed by atoms with van der Waals surface area (Å²) < 4.78 is 29.8. The largest absolute Gasteiger partial charge is 0.347 e. The summed E-state index contributed by atoms with van der Waals surface area (Å²) in [5, 5.41) is 15.7. The van der Waals surface area contributed by atoms with Gasteiger partial charge in [0.05, 0.1) is 40.7 Å². The van der Waals surface area contributed by atoms with Gasteiger partial charge in [-0.15, -0.1) is 16.1 Å². The number of carbonyl (C=O) groups excluding carboxylic acids is 1. The highest BCUT2D eigenvalue weighted by Crippen LogP contribution is 2.36. The van der Waals surface area contributed by atoms with Crippen LogP contribution in [-0.2, 0) is 7.05 Å². The molecule has 0 spiro atoms. The highest BCUT2D eigenvalue weighted by Gasteiger charge is 2.29. The van der Waals surface area contributed by atoms with E-state index in [0.717, 1.165) is 59.2 Å². The van der Waals surface area contributed by atoms with E-state index in [-0.39, 0.29) is 22.0 Å². The van der Waals surface area contributed by atoms with Gasteiger partial charge < -0.3 is 9.88 Å². The van der Waals surface area contributed by atoms with Crippen LogP contribution in [0.5, 0.6) is 0 Å². The first-order chi connectivity index (χ1) is 18.0. The summed E-state index contributed by atoms with van der Waals surface area (Å²) in [7, 11) is 1.85. The predicted octanol–water partition coefficient (Wildman–Crippen LogP) is 3.72. The van der Waals surface area contributed by atoms with Crippen LogP contribution < -0.4 is 5.32 Å². The standard InChI is InChI=1S/C23H22F2N10OS/c1-33-12-13(9-30-33)21-32-16-10-26-19(35-28-5-6-29-35)8-17(16)34(21)15-4-2-3-14(7-15)31-22(36)23-27-11-18(37-23)20(24)25/h5-6,8-12,14-15,20H,2-4,7H2,1H3,(H,31,36). The van der Waals surface area contributed by atoms with E-state index in [4.69, 9.17) is 4.98 Å². The summed E-state index contributed by atoms with van der Waals surface area (Å²) in [6, 6.07) is 1.79. The van der Waals surface area contributed by atoms with E-state index in [9.17, 15) is 13.6 Å². The molecule has 2 atom stereocenters. The average molecular weight is 525 g/mol. The van der Waals surface area contributed by atoms with Gasteiger partial charge in [0, 0.05) is 37.6 Å². The number of nitrogens with zero attached hydrogens (tertiary/aromatic N) is 9. The third-order valence-electron chi connectivity index (χ3n) is 6.43. The number of hydrogen-bond acceptors (Lipinski definition) is 8. The van der Waals surface area contributed by atoms with Crippen molar-refractivity contribution in [1.82, 2.24) is 49.6 Å². The summed E-state index contributed by atoms with van der Waals surface area (Å²) in [5.74, 6) is 0.895. The van der Waals surface area contributed by atoms with Crippen molar-refractivity contribution in [2.24, 2.45) is 7.05 Å². The molecular weight excluding hydrogens is 502 g/mol.